The van der Waals surface area contributed by atoms with Gasteiger partial charge in [-0.1, -0.05) is 26.0 Å². The lowest BCUT2D eigenvalue weighted by Crippen LogP contribution is -2.33. The van der Waals surface area contributed by atoms with Crippen molar-refractivity contribution in [2.24, 2.45) is 5.92 Å². The first-order valence-corrected chi connectivity index (χ1v) is 7.54. The Kier molecular flexibility index (Phi) is 4.71. The number of aliphatic hydroxyl groups is 1. The minimum Gasteiger partial charge on any atom is -0.487 e. The molecule has 1 aromatic rings. The van der Waals surface area contributed by atoms with Crippen LogP contribution in [0.3, 0.4) is 0 Å². The van der Waals surface area contributed by atoms with Crippen LogP contribution in [0.25, 0.3) is 0 Å². The Hall–Kier alpha value is -1.06. The Morgan fingerprint density at radius 2 is 2.10 bits per heavy atom. The van der Waals surface area contributed by atoms with Crippen LogP contribution in [0.5, 0.6) is 5.75 Å². The van der Waals surface area contributed by atoms with Crippen LogP contribution in [0.4, 0.5) is 0 Å². The molecule has 1 unspecified atom stereocenters. The van der Waals surface area contributed by atoms with Gasteiger partial charge in [0.25, 0.3) is 0 Å². The third kappa shape index (κ3) is 3.97. The molecule has 0 aromatic heterocycles. The van der Waals surface area contributed by atoms with Gasteiger partial charge in [-0.2, -0.15) is 0 Å². The van der Waals surface area contributed by atoms with E-state index in [1.165, 1.54) is 11.1 Å². The molecule has 3 heteroatoms. The molecule has 1 aliphatic rings. The fourth-order valence-corrected chi connectivity index (χ4v) is 2.83. The highest BCUT2D eigenvalue weighted by Crippen LogP contribution is 2.35. The van der Waals surface area contributed by atoms with Crippen LogP contribution in [0.2, 0.25) is 0 Å². The van der Waals surface area contributed by atoms with Crippen molar-refractivity contribution in [1.29, 1.82) is 0 Å². The maximum atomic E-state index is 9.39. The Labute approximate surface area is 122 Å². The number of aliphatic hydroxyl groups excluding tert-OH is 1. The summed E-state index contributed by atoms with van der Waals surface area (Å²) < 4.78 is 5.89. The first-order chi connectivity index (χ1) is 9.39. The molecule has 0 saturated heterocycles. The van der Waals surface area contributed by atoms with E-state index in [2.05, 4.69) is 51.2 Å². The molecule has 0 saturated carbocycles. The maximum absolute atomic E-state index is 9.39. The van der Waals surface area contributed by atoms with E-state index in [1.54, 1.807) is 0 Å². The average Bonchev–Trinajstić information content (AvgIpc) is 2.66. The summed E-state index contributed by atoms with van der Waals surface area (Å²) in [4.78, 5) is 0. The summed E-state index contributed by atoms with van der Waals surface area (Å²) in [6.45, 7) is 9.59. The smallest absolute Gasteiger partial charge is 0.123 e. The van der Waals surface area contributed by atoms with Gasteiger partial charge in [0.15, 0.2) is 0 Å². The highest BCUT2D eigenvalue weighted by molar-refractivity contribution is 5.41. The van der Waals surface area contributed by atoms with E-state index in [9.17, 15) is 5.11 Å². The van der Waals surface area contributed by atoms with Crippen LogP contribution in [-0.4, -0.2) is 23.4 Å². The molecule has 0 spiro atoms. The summed E-state index contributed by atoms with van der Waals surface area (Å²) in [5, 5.41) is 12.8. The summed E-state index contributed by atoms with van der Waals surface area (Å²) in [6.07, 6.45) is 1.96. The van der Waals surface area contributed by atoms with Crippen LogP contribution < -0.4 is 10.1 Å². The molecular formula is C17H27NO2. The first-order valence-electron chi connectivity index (χ1n) is 7.54. The first kappa shape index (κ1) is 15.3. The van der Waals surface area contributed by atoms with E-state index < -0.39 is 0 Å². The molecule has 0 radical (unpaired) electrons. The van der Waals surface area contributed by atoms with Gasteiger partial charge in [-0.25, -0.2) is 0 Å². The van der Waals surface area contributed by atoms with Gasteiger partial charge in [-0.3, -0.25) is 0 Å². The lowest BCUT2D eigenvalue weighted by molar-refractivity contribution is 0.138. The monoisotopic (exact) mass is 277 g/mol. The van der Waals surface area contributed by atoms with Crippen molar-refractivity contribution in [3.63, 3.8) is 0 Å². The van der Waals surface area contributed by atoms with Crippen LogP contribution in [0.1, 0.15) is 45.2 Å². The third-order valence-electron chi connectivity index (χ3n) is 3.70. The van der Waals surface area contributed by atoms with Gasteiger partial charge in [0, 0.05) is 19.0 Å². The molecule has 2 rings (SSSR count). The van der Waals surface area contributed by atoms with Crippen molar-refractivity contribution in [3.05, 3.63) is 29.3 Å². The van der Waals surface area contributed by atoms with Gasteiger partial charge in [0.05, 0.1) is 6.61 Å². The second kappa shape index (κ2) is 6.15. The Morgan fingerprint density at radius 3 is 2.75 bits per heavy atom. The minimum absolute atomic E-state index is 0.0837. The zero-order valence-corrected chi connectivity index (χ0v) is 13.1. The normalized spacial score (nSPS) is 17.9. The third-order valence-corrected chi connectivity index (χ3v) is 3.70. The molecular weight excluding hydrogens is 250 g/mol. The number of fused-ring (bicyclic) bond motifs is 1. The summed E-state index contributed by atoms with van der Waals surface area (Å²) in [7, 11) is 0. The van der Waals surface area contributed by atoms with E-state index in [4.69, 9.17) is 4.74 Å². The van der Waals surface area contributed by atoms with Crippen LogP contribution >= 0.6 is 0 Å². The molecule has 0 amide bonds. The Morgan fingerprint density at radius 1 is 1.35 bits per heavy atom. The van der Waals surface area contributed by atoms with Gasteiger partial charge >= 0.3 is 0 Å². The number of nitrogens with one attached hydrogen (secondary N) is 1. The van der Waals surface area contributed by atoms with Gasteiger partial charge in [-0.15, -0.1) is 0 Å². The fourth-order valence-electron chi connectivity index (χ4n) is 2.83. The van der Waals surface area contributed by atoms with Crippen molar-refractivity contribution >= 4 is 0 Å². The van der Waals surface area contributed by atoms with E-state index in [0.29, 0.717) is 5.92 Å². The highest BCUT2D eigenvalue weighted by atomic mass is 16.5. The number of hydrogen-bond acceptors (Lipinski definition) is 3. The topological polar surface area (TPSA) is 41.5 Å². The Bertz CT molecular complexity index is 454. The van der Waals surface area contributed by atoms with Crippen LogP contribution in [0, 0.1) is 5.92 Å². The second-order valence-corrected chi connectivity index (χ2v) is 6.87. The zero-order chi connectivity index (χ0) is 14.8. The molecule has 0 fully saturated rings. The van der Waals surface area contributed by atoms with Crippen molar-refractivity contribution < 1.29 is 9.84 Å². The lowest BCUT2D eigenvalue weighted by Gasteiger charge is -2.18. The largest absolute Gasteiger partial charge is 0.487 e. The molecule has 2 N–H and O–H groups in total. The second-order valence-electron chi connectivity index (χ2n) is 6.87. The number of benzene rings is 1. The van der Waals surface area contributed by atoms with Gasteiger partial charge in [0.2, 0.25) is 0 Å². The predicted octanol–water partition coefficient (Wildman–Crippen LogP) is 2.90. The average molecular weight is 277 g/mol. The number of rotatable bonds is 6. The molecule has 0 bridgehead atoms. The molecule has 1 aromatic carbocycles. The van der Waals surface area contributed by atoms with E-state index in [1.807, 2.05) is 0 Å². The SMILES string of the molecule is CC(C)CC(CO)NCc1ccc2c(c1)CC(C)(C)O2. The molecule has 3 nitrogen and oxygen atoms in total. The van der Waals surface area contributed by atoms with Crippen molar-refractivity contribution in [2.45, 2.75) is 58.7 Å². The fraction of sp³-hybridized carbons (Fsp3) is 0.647. The molecule has 20 heavy (non-hydrogen) atoms. The van der Waals surface area contributed by atoms with Gasteiger partial charge in [0.1, 0.15) is 11.4 Å². The van der Waals surface area contributed by atoms with Crippen LogP contribution in [-0.2, 0) is 13.0 Å². The number of hydrogen-bond donors (Lipinski definition) is 2. The summed E-state index contributed by atoms with van der Waals surface area (Å²) >= 11 is 0. The predicted molar refractivity (Wildman–Crippen MR) is 82.0 cm³/mol. The molecule has 112 valence electrons. The standard InChI is InChI=1S/C17H27NO2/c1-12(2)7-15(11-19)18-10-13-5-6-16-14(8-13)9-17(3,4)20-16/h5-6,8,12,15,18-19H,7,9-11H2,1-4H3. The van der Waals surface area contributed by atoms with E-state index >= 15 is 0 Å². The highest BCUT2D eigenvalue weighted by Gasteiger charge is 2.29. The van der Waals surface area contributed by atoms with E-state index in [0.717, 1.165) is 25.1 Å². The van der Waals surface area contributed by atoms with Crippen molar-refractivity contribution in [3.8, 4) is 5.75 Å². The summed E-state index contributed by atoms with van der Waals surface area (Å²) in [6, 6.07) is 6.58. The quantitative estimate of drug-likeness (QED) is 0.840. The van der Waals surface area contributed by atoms with Gasteiger partial charge < -0.3 is 15.2 Å². The van der Waals surface area contributed by atoms with E-state index in [-0.39, 0.29) is 18.2 Å². The minimum atomic E-state index is -0.0837. The molecule has 1 atom stereocenters. The zero-order valence-electron chi connectivity index (χ0n) is 13.1. The summed E-state index contributed by atoms with van der Waals surface area (Å²) in [5.41, 5.74) is 2.46. The van der Waals surface area contributed by atoms with Gasteiger partial charge in [-0.05, 0) is 43.4 Å². The molecule has 0 aliphatic carbocycles. The van der Waals surface area contributed by atoms with Crippen molar-refractivity contribution in [1.82, 2.24) is 5.32 Å². The van der Waals surface area contributed by atoms with Crippen molar-refractivity contribution in [2.75, 3.05) is 6.61 Å². The Balaban J connectivity index is 1.95. The number of ether oxygens (including phenoxy) is 1. The summed E-state index contributed by atoms with van der Waals surface area (Å²) in [5.74, 6) is 1.61. The van der Waals surface area contributed by atoms with Crippen LogP contribution in [0.15, 0.2) is 18.2 Å². The molecule has 1 aliphatic heterocycles. The maximum Gasteiger partial charge on any atom is 0.123 e. The lowest BCUT2D eigenvalue weighted by atomic mass is 10.00. The molecule has 1 heterocycles.